The number of alkyl halides is 3. The minimum absolute atomic E-state index is 0.386. The molecular formula is C9H4F5N. The summed E-state index contributed by atoms with van der Waals surface area (Å²) in [5, 5.41) is 8.20. The number of benzene rings is 1. The third-order valence-corrected chi connectivity index (χ3v) is 1.74. The lowest BCUT2D eigenvalue weighted by molar-refractivity contribution is -0.140. The lowest BCUT2D eigenvalue weighted by Crippen LogP contribution is -2.10. The summed E-state index contributed by atoms with van der Waals surface area (Å²) in [6, 6.07) is 2.70. The summed E-state index contributed by atoms with van der Waals surface area (Å²) in [6.07, 6.45) is -5.41. The standard InChI is InChI=1S/C9H4F5N/c10-7-5(3-4-15)1-2-6(8(7)11)9(12,13)14/h1-2H,3H2. The average Bonchev–Trinajstić information content (AvgIpc) is 2.11. The first kappa shape index (κ1) is 11.4. The maximum atomic E-state index is 13.0. The van der Waals surface area contributed by atoms with E-state index in [9.17, 15) is 22.0 Å². The van der Waals surface area contributed by atoms with Crippen LogP contribution in [-0.2, 0) is 12.6 Å². The second kappa shape index (κ2) is 3.85. The maximum absolute atomic E-state index is 13.0. The van der Waals surface area contributed by atoms with Gasteiger partial charge in [-0.2, -0.15) is 18.4 Å². The fourth-order valence-electron chi connectivity index (χ4n) is 1.03. The Kier molecular flexibility index (Phi) is 2.93. The number of hydrogen-bond acceptors (Lipinski definition) is 1. The highest BCUT2D eigenvalue weighted by molar-refractivity contribution is 5.29. The monoisotopic (exact) mass is 221 g/mol. The molecule has 0 bridgehead atoms. The molecule has 0 aromatic heterocycles. The van der Waals surface area contributed by atoms with Crippen LogP contribution in [0.5, 0.6) is 0 Å². The number of hydrogen-bond donors (Lipinski definition) is 0. The second-order valence-corrected chi connectivity index (χ2v) is 2.73. The van der Waals surface area contributed by atoms with E-state index in [2.05, 4.69) is 0 Å². The van der Waals surface area contributed by atoms with Gasteiger partial charge >= 0.3 is 6.18 Å². The predicted molar refractivity (Wildman–Crippen MR) is 40.7 cm³/mol. The van der Waals surface area contributed by atoms with Gasteiger partial charge in [0.1, 0.15) is 0 Å². The summed E-state index contributed by atoms with van der Waals surface area (Å²) in [5.74, 6) is -3.58. The number of halogens is 5. The largest absolute Gasteiger partial charge is 0.419 e. The Morgan fingerprint density at radius 2 is 1.73 bits per heavy atom. The van der Waals surface area contributed by atoms with Gasteiger partial charge in [-0.15, -0.1) is 0 Å². The molecule has 0 aliphatic carbocycles. The van der Waals surface area contributed by atoms with Crippen molar-refractivity contribution in [3.8, 4) is 6.07 Å². The van der Waals surface area contributed by atoms with Gasteiger partial charge in [-0.05, 0) is 6.07 Å². The molecule has 0 saturated heterocycles. The molecule has 1 aromatic rings. The molecule has 0 unspecified atom stereocenters. The van der Waals surface area contributed by atoms with Gasteiger partial charge in [-0.3, -0.25) is 0 Å². The van der Waals surface area contributed by atoms with E-state index in [4.69, 9.17) is 5.26 Å². The molecule has 1 aromatic carbocycles. The van der Waals surface area contributed by atoms with Gasteiger partial charge in [0.2, 0.25) is 0 Å². The Balaban J connectivity index is 3.29. The first-order valence-electron chi connectivity index (χ1n) is 3.79. The molecule has 0 N–H and O–H groups in total. The lowest BCUT2D eigenvalue weighted by Gasteiger charge is -2.09. The SMILES string of the molecule is N#CCc1ccc(C(F)(F)F)c(F)c1F. The Morgan fingerprint density at radius 1 is 1.13 bits per heavy atom. The molecule has 0 heterocycles. The van der Waals surface area contributed by atoms with Crippen molar-refractivity contribution in [1.29, 1.82) is 5.26 Å². The van der Waals surface area contributed by atoms with Crippen LogP contribution in [0.4, 0.5) is 22.0 Å². The molecule has 1 nitrogen and oxygen atoms in total. The van der Waals surface area contributed by atoms with Gasteiger partial charge in [0.15, 0.2) is 11.6 Å². The molecule has 0 radical (unpaired) electrons. The van der Waals surface area contributed by atoms with Crippen LogP contribution < -0.4 is 0 Å². The zero-order valence-corrected chi connectivity index (χ0v) is 7.20. The van der Waals surface area contributed by atoms with Crippen molar-refractivity contribution in [3.63, 3.8) is 0 Å². The highest BCUT2D eigenvalue weighted by Crippen LogP contribution is 2.32. The van der Waals surface area contributed by atoms with E-state index < -0.39 is 29.8 Å². The number of nitrogens with zero attached hydrogens (tertiary/aromatic N) is 1. The van der Waals surface area contributed by atoms with Crippen LogP contribution in [-0.4, -0.2) is 0 Å². The molecular weight excluding hydrogens is 217 g/mol. The highest BCUT2D eigenvalue weighted by Gasteiger charge is 2.35. The quantitative estimate of drug-likeness (QED) is 0.668. The minimum Gasteiger partial charge on any atom is -0.203 e. The fourth-order valence-corrected chi connectivity index (χ4v) is 1.03. The van der Waals surface area contributed by atoms with Crippen molar-refractivity contribution in [2.24, 2.45) is 0 Å². The van der Waals surface area contributed by atoms with E-state index in [1.807, 2.05) is 0 Å². The maximum Gasteiger partial charge on any atom is 0.419 e. The zero-order valence-electron chi connectivity index (χ0n) is 7.20. The van der Waals surface area contributed by atoms with Crippen LogP contribution in [0.2, 0.25) is 0 Å². The normalized spacial score (nSPS) is 11.2. The van der Waals surface area contributed by atoms with E-state index in [0.29, 0.717) is 6.07 Å². The predicted octanol–water partition coefficient (Wildman–Crippen LogP) is 3.05. The van der Waals surface area contributed by atoms with Crippen LogP contribution >= 0.6 is 0 Å². The lowest BCUT2D eigenvalue weighted by atomic mass is 10.1. The topological polar surface area (TPSA) is 23.8 Å². The van der Waals surface area contributed by atoms with Crippen molar-refractivity contribution in [2.75, 3.05) is 0 Å². The van der Waals surface area contributed by atoms with E-state index >= 15 is 0 Å². The first-order valence-corrected chi connectivity index (χ1v) is 3.79. The summed E-state index contributed by atoms with van der Waals surface area (Å²) in [7, 11) is 0. The number of nitriles is 1. The van der Waals surface area contributed by atoms with Gasteiger partial charge in [0, 0.05) is 5.56 Å². The molecule has 0 atom stereocenters. The van der Waals surface area contributed by atoms with Gasteiger partial charge in [-0.25, -0.2) is 8.78 Å². The van der Waals surface area contributed by atoms with Crippen LogP contribution in [0.15, 0.2) is 12.1 Å². The molecule has 0 fully saturated rings. The van der Waals surface area contributed by atoms with Crippen molar-refractivity contribution in [2.45, 2.75) is 12.6 Å². The van der Waals surface area contributed by atoms with Crippen molar-refractivity contribution in [1.82, 2.24) is 0 Å². The van der Waals surface area contributed by atoms with E-state index in [0.717, 1.165) is 6.07 Å². The second-order valence-electron chi connectivity index (χ2n) is 2.73. The summed E-state index contributed by atoms with van der Waals surface area (Å²) in [6.45, 7) is 0. The van der Waals surface area contributed by atoms with E-state index in [1.165, 1.54) is 6.07 Å². The molecule has 1 rings (SSSR count). The van der Waals surface area contributed by atoms with Crippen molar-refractivity contribution < 1.29 is 22.0 Å². The van der Waals surface area contributed by atoms with Gasteiger partial charge in [0.05, 0.1) is 18.1 Å². The molecule has 0 aliphatic rings. The summed E-state index contributed by atoms with van der Waals surface area (Å²) in [5.41, 5.74) is -2.05. The molecule has 6 heteroatoms. The molecule has 15 heavy (non-hydrogen) atoms. The van der Waals surface area contributed by atoms with Gasteiger partial charge in [-0.1, -0.05) is 6.07 Å². The van der Waals surface area contributed by atoms with Crippen LogP contribution in [0.3, 0.4) is 0 Å². The summed E-state index contributed by atoms with van der Waals surface area (Å²) < 4.78 is 62.1. The minimum atomic E-state index is -4.93. The third-order valence-electron chi connectivity index (χ3n) is 1.74. The average molecular weight is 221 g/mol. The summed E-state index contributed by atoms with van der Waals surface area (Å²) >= 11 is 0. The van der Waals surface area contributed by atoms with E-state index in [1.54, 1.807) is 0 Å². The van der Waals surface area contributed by atoms with Gasteiger partial charge < -0.3 is 0 Å². The van der Waals surface area contributed by atoms with Crippen molar-refractivity contribution in [3.05, 3.63) is 34.9 Å². The van der Waals surface area contributed by atoms with Crippen LogP contribution in [0.1, 0.15) is 11.1 Å². The molecule has 0 spiro atoms. The Morgan fingerprint density at radius 3 is 2.20 bits per heavy atom. The number of rotatable bonds is 1. The molecule has 0 amide bonds. The molecule has 80 valence electrons. The Labute approximate surface area is 81.7 Å². The highest BCUT2D eigenvalue weighted by atomic mass is 19.4. The Hall–Kier alpha value is -1.64. The molecule has 0 saturated carbocycles. The zero-order chi connectivity index (χ0) is 11.6. The van der Waals surface area contributed by atoms with E-state index in [-0.39, 0.29) is 5.56 Å². The summed E-state index contributed by atoms with van der Waals surface area (Å²) in [4.78, 5) is 0. The van der Waals surface area contributed by atoms with Crippen LogP contribution in [0.25, 0.3) is 0 Å². The third kappa shape index (κ3) is 2.24. The molecule has 0 aliphatic heterocycles. The smallest absolute Gasteiger partial charge is 0.203 e. The first-order chi connectivity index (χ1) is 6.88. The van der Waals surface area contributed by atoms with Crippen LogP contribution in [0, 0.1) is 23.0 Å². The fraction of sp³-hybridized carbons (Fsp3) is 0.222. The van der Waals surface area contributed by atoms with Gasteiger partial charge in [0.25, 0.3) is 0 Å². The Bertz CT molecular complexity index is 416. The van der Waals surface area contributed by atoms with Crippen molar-refractivity contribution >= 4 is 0 Å².